The zero-order valence-electron chi connectivity index (χ0n) is 12.2. The standard InChI is InChI=1S/C3H6O2.C3H7.3C2H6O.Ti/c4-1-3-2-5-3;1-3-2;3*1-2-3;/h3-4H,1-2H2;1,3H2,2H3;3*3H,2H2,1H3;/q;-1;;;;. The van der Waals surface area contributed by atoms with E-state index in [-0.39, 0.29) is 54.2 Å². The van der Waals surface area contributed by atoms with Gasteiger partial charge in [-0.25, -0.2) is 0 Å². The van der Waals surface area contributed by atoms with Gasteiger partial charge in [0.15, 0.2) is 0 Å². The molecule has 0 aromatic rings. The second kappa shape index (κ2) is 43.2. The van der Waals surface area contributed by atoms with Gasteiger partial charge in [-0.05, 0) is 20.8 Å². The van der Waals surface area contributed by atoms with Crippen molar-refractivity contribution in [3.05, 3.63) is 6.92 Å². The van der Waals surface area contributed by atoms with Gasteiger partial charge < -0.3 is 32.1 Å². The van der Waals surface area contributed by atoms with Crippen molar-refractivity contribution in [2.24, 2.45) is 0 Å². The molecule has 1 saturated heterocycles. The molecular formula is C12H31O5Ti-. The number of ether oxygens (including phenoxy) is 1. The normalized spacial score (nSPS) is 13.5. The van der Waals surface area contributed by atoms with Crippen LogP contribution in [0.2, 0.25) is 0 Å². The molecule has 4 N–H and O–H groups in total. The van der Waals surface area contributed by atoms with E-state index in [0.717, 1.165) is 13.0 Å². The minimum Gasteiger partial charge on any atom is -0.397 e. The first-order valence-corrected chi connectivity index (χ1v) is 5.93. The molecule has 1 fully saturated rings. The molecule has 0 amide bonds. The summed E-state index contributed by atoms with van der Waals surface area (Å²) in [5, 5.41) is 30.8. The maximum atomic E-state index is 8.08. The van der Waals surface area contributed by atoms with Crippen molar-refractivity contribution in [1.82, 2.24) is 0 Å². The van der Waals surface area contributed by atoms with Crippen LogP contribution in [0.3, 0.4) is 0 Å². The third-order valence-electron chi connectivity index (χ3n) is 0.606. The number of aliphatic hydroxyl groups excluding tert-OH is 4. The third kappa shape index (κ3) is 131. The molecule has 0 aromatic carbocycles. The summed E-state index contributed by atoms with van der Waals surface area (Å²) in [5.41, 5.74) is 0. The largest absolute Gasteiger partial charge is 0.397 e. The molecule has 114 valence electrons. The average molecular weight is 303 g/mol. The van der Waals surface area contributed by atoms with Crippen LogP contribution in [0, 0.1) is 6.92 Å². The second-order valence-corrected chi connectivity index (χ2v) is 2.59. The van der Waals surface area contributed by atoms with Gasteiger partial charge in [0.05, 0.1) is 13.2 Å². The molecule has 0 bridgehead atoms. The summed E-state index contributed by atoms with van der Waals surface area (Å²) in [4.78, 5) is 0. The van der Waals surface area contributed by atoms with E-state index in [1.807, 2.05) is 6.92 Å². The molecule has 6 heteroatoms. The monoisotopic (exact) mass is 303 g/mol. The Hall–Kier alpha value is 0.514. The molecule has 0 aliphatic carbocycles. The van der Waals surface area contributed by atoms with Gasteiger partial charge in [0.2, 0.25) is 0 Å². The van der Waals surface area contributed by atoms with Crippen LogP contribution in [0.4, 0.5) is 0 Å². The average Bonchev–Trinajstić information content (AvgIpc) is 3.05. The van der Waals surface area contributed by atoms with E-state index in [9.17, 15) is 0 Å². The van der Waals surface area contributed by atoms with Crippen LogP contribution in [0.1, 0.15) is 34.1 Å². The third-order valence-corrected chi connectivity index (χ3v) is 0.606. The Morgan fingerprint density at radius 2 is 1.11 bits per heavy atom. The SMILES string of the molecule is CCO.CCO.CCO.OCC1CO1.[CH2-]CC.[Ti]. The van der Waals surface area contributed by atoms with Crippen LogP contribution < -0.4 is 0 Å². The topological polar surface area (TPSA) is 93.5 Å². The van der Waals surface area contributed by atoms with E-state index in [2.05, 4.69) is 11.7 Å². The van der Waals surface area contributed by atoms with Crippen LogP contribution in [-0.4, -0.2) is 59.6 Å². The molecule has 1 heterocycles. The van der Waals surface area contributed by atoms with Crippen molar-refractivity contribution in [3.63, 3.8) is 0 Å². The maximum absolute atomic E-state index is 8.08. The second-order valence-electron chi connectivity index (χ2n) is 2.59. The summed E-state index contributed by atoms with van der Waals surface area (Å²) in [5.74, 6) is 0. The summed E-state index contributed by atoms with van der Waals surface area (Å²) < 4.78 is 4.61. The first kappa shape index (κ1) is 31.1. The summed E-state index contributed by atoms with van der Waals surface area (Å²) in [6.07, 6.45) is 1.19. The van der Waals surface area contributed by atoms with E-state index < -0.39 is 0 Å². The molecule has 0 aromatic heterocycles. The number of epoxide rings is 1. The summed E-state index contributed by atoms with van der Waals surface area (Å²) in [6, 6.07) is 0. The molecular weight excluding hydrogens is 272 g/mol. The smallest absolute Gasteiger partial charge is 0.104 e. The molecule has 0 spiro atoms. The van der Waals surface area contributed by atoms with Gasteiger partial charge in [0, 0.05) is 41.5 Å². The molecule has 18 heavy (non-hydrogen) atoms. The predicted molar refractivity (Wildman–Crippen MR) is 70.8 cm³/mol. The van der Waals surface area contributed by atoms with E-state index in [4.69, 9.17) is 20.4 Å². The van der Waals surface area contributed by atoms with Gasteiger partial charge in [-0.1, -0.05) is 6.92 Å². The first-order chi connectivity index (χ1) is 8.09. The van der Waals surface area contributed by atoms with Gasteiger partial charge in [0.1, 0.15) is 6.10 Å². The van der Waals surface area contributed by atoms with Crippen LogP contribution in [-0.2, 0) is 26.5 Å². The summed E-state index contributed by atoms with van der Waals surface area (Å²) in [6.45, 7) is 12.2. The zero-order chi connectivity index (χ0) is 14.5. The van der Waals surface area contributed by atoms with Gasteiger partial charge in [0.25, 0.3) is 0 Å². The Kier molecular flexibility index (Phi) is 74.6. The van der Waals surface area contributed by atoms with E-state index in [0.29, 0.717) is 0 Å². The van der Waals surface area contributed by atoms with Crippen LogP contribution in [0.15, 0.2) is 0 Å². The minimum absolute atomic E-state index is 0. The van der Waals surface area contributed by atoms with Gasteiger partial charge in [-0.2, -0.15) is 6.42 Å². The van der Waals surface area contributed by atoms with Crippen LogP contribution in [0.25, 0.3) is 0 Å². The van der Waals surface area contributed by atoms with Gasteiger partial charge >= 0.3 is 0 Å². The van der Waals surface area contributed by atoms with Crippen molar-refractivity contribution in [1.29, 1.82) is 0 Å². The van der Waals surface area contributed by atoms with Gasteiger partial charge in [-0.15, -0.1) is 0 Å². The quantitative estimate of drug-likeness (QED) is 0.323. The number of hydrogen-bond acceptors (Lipinski definition) is 5. The Morgan fingerprint density at radius 3 is 1.11 bits per heavy atom. The van der Waals surface area contributed by atoms with Crippen LogP contribution >= 0.6 is 0 Å². The number of rotatable bonds is 1. The van der Waals surface area contributed by atoms with E-state index in [1.54, 1.807) is 20.8 Å². The molecule has 0 radical (unpaired) electrons. The van der Waals surface area contributed by atoms with Crippen molar-refractivity contribution >= 4 is 0 Å². The molecule has 1 aliphatic rings. The molecule has 1 rings (SSSR count). The fourth-order valence-corrected chi connectivity index (χ4v) is 0.173. The molecule has 5 nitrogen and oxygen atoms in total. The van der Waals surface area contributed by atoms with Crippen molar-refractivity contribution in [2.75, 3.05) is 33.0 Å². The first-order valence-electron chi connectivity index (χ1n) is 5.93. The zero-order valence-corrected chi connectivity index (χ0v) is 13.8. The Bertz CT molecular complexity index is 74.9. The van der Waals surface area contributed by atoms with E-state index in [1.165, 1.54) is 0 Å². The molecule has 1 unspecified atom stereocenters. The minimum atomic E-state index is 0. The van der Waals surface area contributed by atoms with Crippen LogP contribution in [0.5, 0.6) is 0 Å². The Labute approximate surface area is 127 Å². The predicted octanol–water partition coefficient (Wildman–Crippen LogP) is 0.601. The fourth-order valence-electron chi connectivity index (χ4n) is 0.173. The van der Waals surface area contributed by atoms with Crippen molar-refractivity contribution in [2.45, 2.75) is 40.2 Å². The molecule has 0 saturated carbocycles. The van der Waals surface area contributed by atoms with Crippen molar-refractivity contribution < 1.29 is 46.9 Å². The molecule has 1 atom stereocenters. The van der Waals surface area contributed by atoms with E-state index >= 15 is 0 Å². The molecule has 1 aliphatic heterocycles. The summed E-state index contributed by atoms with van der Waals surface area (Å²) >= 11 is 0. The number of hydrogen-bond donors (Lipinski definition) is 4. The Balaban J connectivity index is -0.0000000398. The number of aliphatic hydroxyl groups is 4. The fraction of sp³-hybridized carbons (Fsp3) is 0.917. The Morgan fingerprint density at radius 1 is 0.944 bits per heavy atom. The van der Waals surface area contributed by atoms with Crippen molar-refractivity contribution in [3.8, 4) is 0 Å². The summed E-state index contributed by atoms with van der Waals surface area (Å²) in [7, 11) is 0. The maximum Gasteiger partial charge on any atom is 0.104 e. The van der Waals surface area contributed by atoms with Gasteiger partial charge in [-0.3, -0.25) is 0 Å².